The number of likely N-dealkylation sites (tertiary alicyclic amines) is 1. The first-order valence-electron chi connectivity index (χ1n) is 11.8. The number of carbonyl (C=O) groups is 2. The third-order valence-corrected chi connectivity index (χ3v) is 8.35. The first-order valence-corrected chi connectivity index (χ1v) is 13.4. The Kier molecular flexibility index (Phi) is 7.15. The van der Waals surface area contributed by atoms with E-state index in [1.54, 1.807) is 17.5 Å². The van der Waals surface area contributed by atoms with Crippen LogP contribution < -0.4 is 5.32 Å². The summed E-state index contributed by atoms with van der Waals surface area (Å²) in [4.78, 5) is 37.8. The lowest BCUT2D eigenvalue weighted by Crippen LogP contribution is -2.50. The maximum Gasteiger partial charge on any atom is 0.255 e. The van der Waals surface area contributed by atoms with Gasteiger partial charge in [-0.1, -0.05) is 12.1 Å². The summed E-state index contributed by atoms with van der Waals surface area (Å²) in [5.41, 5.74) is 2.02. The minimum Gasteiger partial charge on any atom is -0.380 e. The standard InChI is InChI=1S/C25H27N5O4S2/c1-15-28-18-5-2-3-6-19(18)30(15)14-17-9-8-16(36-17)13-27-23(33)21(31)22(32)25(34)29-11-4-7-20(29)24-26-10-12-35-24/h2-3,5-6,8-10,12,20-22,31-32H,4,7,11,13-14H2,1H3,(H,27,33)/t20?,21-,22-/m1/s1. The SMILES string of the molecule is Cc1nc2ccccc2n1Cc1ccc(CNC(=O)[C@H](O)[C@@H](O)C(=O)N2CCCC2c2nccs2)s1. The Hall–Kier alpha value is -3.12. The lowest BCUT2D eigenvalue weighted by atomic mass is 10.1. The molecule has 4 heterocycles. The molecule has 188 valence electrons. The predicted octanol–water partition coefficient (Wildman–Crippen LogP) is 2.61. The van der Waals surface area contributed by atoms with Gasteiger partial charge in [-0.25, -0.2) is 9.97 Å². The number of hydrogen-bond donors (Lipinski definition) is 3. The van der Waals surface area contributed by atoms with Crippen molar-refractivity contribution >= 4 is 45.5 Å². The van der Waals surface area contributed by atoms with Crippen molar-refractivity contribution in [2.75, 3.05) is 6.54 Å². The van der Waals surface area contributed by atoms with Crippen molar-refractivity contribution in [2.24, 2.45) is 0 Å². The van der Waals surface area contributed by atoms with E-state index in [-0.39, 0.29) is 12.6 Å². The Morgan fingerprint density at radius 2 is 1.97 bits per heavy atom. The Balaban J connectivity index is 1.17. The first kappa shape index (κ1) is 24.6. The second-order valence-electron chi connectivity index (χ2n) is 8.77. The number of aromatic nitrogens is 3. The molecule has 1 aromatic carbocycles. The van der Waals surface area contributed by atoms with Crippen molar-refractivity contribution in [3.05, 3.63) is 68.6 Å². The molecule has 9 nitrogen and oxygen atoms in total. The monoisotopic (exact) mass is 525 g/mol. The molecule has 3 atom stereocenters. The summed E-state index contributed by atoms with van der Waals surface area (Å²) in [6.45, 7) is 3.29. The van der Waals surface area contributed by atoms with Crippen LogP contribution in [0.15, 0.2) is 48.0 Å². The number of thiophene rings is 1. The van der Waals surface area contributed by atoms with E-state index < -0.39 is 24.0 Å². The number of fused-ring (bicyclic) bond motifs is 1. The quantitative estimate of drug-likeness (QED) is 0.325. The van der Waals surface area contributed by atoms with Crippen LogP contribution in [0.25, 0.3) is 11.0 Å². The molecule has 1 aliphatic rings. The molecular formula is C25H27N5O4S2. The molecule has 2 amide bonds. The second-order valence-corrected chi connectivity index (χ2v) is 10.9. The van der Waals surface area contributed by atoms with Crippen LogP contribution in [0.2, 0.25) is 0 Å². The molecular weight excluding hydrogens is 498 g/mol. The summed E-state index contributed by atoms with van der Waals surface area (Å²) in [6, 6.07) is 11.7. The van der Waals surface area contributed by atoms with Crippen LogP contribution in [0.1, 0.15) is 39.5 Å². The minimum atomic E-state index is -1.85. The van der Waals surface area contributed by atoms with Crippen LogP contribution in [-0.4, -0.2) is 60.2 Å². The van der Waals surface area contributed by atoms with Crippen LogP contribution in [-0.2, 0) is 22.7 Å². The summed E-state index contributed by atoms with van der Waals surface area (Å²) >= 11 is 2.99. The van der Waals surface area contributed by atoms with E-state index in [2.05, 4.69) is 19.9 Å². The first-order chi connectivity index (χ1) is 17.4. The number of carbonyl (C=O) groups excluding carboxylic acids is 2. The minimum absolute atomic E-state index is 0.191. The normalized spacial score (nSPS) is 17.4. The number of nitrogens with zero attached hydrogens (tertiary/aromatic N) is 4. The molecule has 1 unspecified atom stereocenters. The van der Waals surface area contributed by atoms with Gasteiger partial charge < -0.3 is 25.0 Å². The van der Waals surface area contributed by atoms with Crippen molar-refractivity contribution in [1.82, 2.24) is 24.8 Å². The molecule has 4 aromatic rings. The maximum atomic E-state index is 12.9. The van der Waals surface area contributed by atoms with Crippen molar-refractivity contribution in [1.29, 1.82) is 0 Å². The van der Waals surface area contributed by atoms with Gasteiger partial charge in [0.25, 0.3) is 11.8 Å². The molecule has 0 spiro atoms. The average Bonchev–Trinajstić information content (AvgIpc) is 3.69. The highest BCUT2D eigenvalue weighted by Gasteiger charge is 2.39. The molecule has 0 radical (unpaired) electrons. The number of aliphatic hydroxyl groups is 2. The van der Waals surface area contributed by atoms with Crippen LogP contribution in [0, 0.1) is 6.92 Å². The smallest absolute Gasteiger partial charge is 0.255 e. The van der Waals surface area contributed by atoms with Gasteiger partial charge >= 0.3 is 0 Å². The fourth-order valence-corrected chi connectivity index (χ4v) is 6.30. The summed E-state index contributed by atoms with van der Waals surface area (Å²) in [7, 11) is 0. The van der Waals surface area contributed by atoms with Crippen molar-refractivity contribution in [3.63, 3.8) is 0 Å². The van der Waals surface area contributed by atoms with E-state index in [9.17, 15) is 19.8 Å². The molecule has 0 saturated carbocycles. The number of rotatable bonds is 8. The zero-order valence-electron chi connectivity index (χ0n) is 19.7. The molecule has 1 fully saturated rings. The summed E-state index contributed by atoms with van der Waals surface area (Å²) in [6.07, 6.45) is -0.491. The van der Waals surface area contributed by atoms with E-state index in [1.165, 1.54) is 16.2 Å². The van der Waals surface area contributed by atoms with Crippen molar-refractivity contribution < 1.29 is 19.8 Å². The van der Waals surface area contributed by atoms with Gasteiger partial charge in [-0.3, -0.25) is 9.59 Å². The topological polar surface area (TPSA) is 121 Å². The molecule has 3 N–H and O–H groups in total. The number of amides is 2. The van der Waals surface area contributed by atoms with E-state index >= 15 is 0 Å². The summed E-state index contributed by atoms with van der Waals surface area (Å²) < 4.78 is 2.15. The van der Waals surface area contributed by atoms with Gasteiger partial charge in [-0.05, 0) is 44.0 Å². The Morgan fingerprint density at radius 1 is 1.17 bits per heavy atom. The zero-order valence-corrected chi connectivity index (χ0v) is 21.3. The van der Waals surface area contributed by atoms with Gasteiger partial charge in [-0.2, -0.15) is 0 Å². The molecule has 0 bridgehead atoms. The molecule has 0 aliphatic carbocycles. The highest BCUT2D eigenvalue weighted by molar-refractivity contribution is 7.12. The highest BCUT2D eigenvalue weighted by atomic mass is 32.1. The highest BCUT2D eigenvalue weighted by Crippen LogP contribution is 2.33. The van der Waals surface area contributed by atoms with Gasteiger partial charge in [-0.15, -0.1) is 22.7 Å². The number of imidazole rings is 1. The molecule has 11 heteroatoms. The van der Waals surface area contributed by atoms with Crippen LogP contribution >= 0.6 is 22.7 Å². The lowest BCUT2D eigenvalue weighted by Gasteiger charge is -2.27. The summed E-state index contributed by atoms with van der Waals surface area (Å²) in [5.74, 6) is -0.514. The molecule has 5 rings (SSSR count). The lowest BCUT2D eigenvalue weighted by molar-refractivity contribution is -0.153. The Morgan fingerprint density at radius 3 is 2.78 bits per heavy atom. The van der Waals surface area contributed by atoms with E-state index in [0.717, 1.165) is 44.5 Å². The fraction of sp³-hybridized carbons (Fsp3) is 0.360. The fourth-order valence-electron chi connectivity index (χ4n) is 4.57. The molecule has 1 aliphatic heterocycles. The summed E-state index contributed by atoms with van der Waals surface area (Å²) in [5, 5.41) is 26.1. The zero-order chi connectivity index (χ0) is 25.2. The molecule has 36 heavy (non-hydrogen) atoms. The van der Waals surface area contributed by atoms with E-state index in [0.29, 0.717) is 13.1 Å². The number of para-hydroxylation sites is 2. The van der Waals surface area contributed by atoms with Crippen molar-refractivity contribution in [2.45, 2.75) is 51.1 Å². The number of nitrogens with one attached hydrogen (secondary N) is 1. The van der Waals surface area contributed by atoms with Gasteiger partial charge in [0.05, 0.1) is 30.2 Å². The number of aliphatic hydroxyl groups excluding tert-OH is 2. The van der Waals surface area contributed by atoms with E-state index in [4.69, 9.17) is 0 Å². The largest absolute Gasteiger partial charge is 0.380 e. The third-order valence-electron chi connectivity index (χ3n) is 6.41. The maximum absolute atomic E-state index is 12.9. The van der Waals surface area contributed by atoms with Gasteiger partial charge in [0.15, 0.2) is 12.2 Å². The van der Waals surface area contributed by atoms with Crippen molar-refractivity contribution in [3.8, 4) is 0 Å². The van der Waals surface area contributed by atoms with Crippen LogP contribution in [0.5, 0.6) is 0 Å². The molecule has 3 aromatic heterocycles. The Labute approximate surface area is 216 Å². The number of thiazole rings is 1. The number of hydrogen-bond acceptors (Lipinski definition) is 8. The van der Waals surface area contributed by atoms with Crippen LogP contribution in [0.3, 0.4) is 0 Å². The van der Waals surface area contributed by atoms with Gasteiger partial charge in [0.2, 0.25) is 0 Å². The number of aryl methyl sites for hydroxylation is 1. The predicted molar refractivity (Wildman–Crippen MR) is 138 cm³/mol. The average molecular weight is 526 g/mol. The second kappa shape index (κ2) is 10.5. The molecule has 1 saturated heterocycles. The number of benzene rings is 1. The van der Waals surface area contributed by atoms with Gasteiger partial charge in [0, 0.05) is 27.9 Å². The Bertz CT molecular complexity index is 1370. The van der Waals surface area contributed by atoms with E-state index in [1.807, 2.05) is 48.7 Å². The van der Waals surface area contributed by atoms with Crippen LogP contribution in [0.4, 0.5) is 0 Å². The van der Waals surface area contributed by atoms with Gasteiger partial charge in [0.1, 0.15) is 10.8 Å². The third kappa shape index (κ3) is 4.92.